The Kier molecular flexibility index (Phi) is 3.31. The number of hydrogen-bond donors (Lipinski definition) is 0. The van der Waals surface area contributed by atoms with Crippen molar-refractivity contribution in [3.63, 3.8) is 0 Å². The SMILES string of the molecule is CN(C)c1cccc(OC[C]=O)c1. The predicted octanol–water partition coefficient (Wildman–Crippen LogP) is 1.24. The van der Waals surface area contributed by atoms with E-state index in [1.54, 1.807) is 6.29 Å². The molecule has 1 rings (SSSR count). The Morgan fingerprint density at radius 1 is 1.46 bits per heavy atom. The van der Waals surface area contributed by atoms with E-state index in [0.717, 1.165) is 5.69 Å². The maximum absolute atomic E-state index is 9.94. The first-order valence-corrected chi connectivity index (χ1v) is 3.99. The fourth-order valence-corrected chi connectivity index (χ4v) is 0.964. The molecule has 1 radical (unpaired) electrons. The summed E-state index contributed by atoms with van der Waals surface area (Å²) >= 11 is 0. The summed E-state index contributed by atoms with van der Waals surface area (Å²) in [6.45, 7) is -0.0170. The summed E-state index contributed by atoms with van der Waals surface area (Å²) in [6, 6.07) is 7.54. The van der Waals surface area contributed by atoms with Crippen molar-refractivity contribution >= 4 is 12.0 Å². The molecule has 1 aromatic carbocycles. The lowest BCUT2D eigenvalue weighted by Gasteiger charge is -2.13. The highest BCUT2D eigenvalue weighted by Gasteiger charge is 1.97. The van der Waals surface area contributed by atoms with E-state index in [4.69, 9.17) is 4.74 Å². The number of benzene rings is 1. The lowest BCUT2D eigenvalue weighted by atomic mass is 10.3. The summed E-state index contributed by atoms with van der Waals surface area (Å²) < 4.78 is 5.10. The van der Waals surface area contributed by atoms with Gasteiger partial charge in [0, 0.05) is 25.8 Å². The minimum Gasteiger partial charge on any atom is -0.485 e. The molecule has 0 amide bonds. The van der Waals surface area contributed by atoms with Crippen molar-refractivity contribution in [3.05, 3.63) is 24.3 Å². The number of carbonyl (C=O) groups excluding carboxylic acids is 1. The molecule has 0 bridgehead atoms. The summed E-state index contributed by atoms with van der Waals surface area (Å²) in [5.74, 6) is 0.689. The van der Waals surface area contributed by atoms with Crippen LogP contribution in [-0.4, -0.2) is 27.0 Å². The maximum Gasteiger partial charge on any atom is 0.239 e. The number of ether oxygens (including phenoxy) is 1. The van der Waals surface area contributed by atoms with Crippen molar-refractivity contribution in [3.8, 4) is 5.75 Å². The Balaban J connectivity index is 2.73. The number of nitrogens with zero attached hydrogens (tertiary/aromatic N) is 1. The topological polar surface area (TPSA) is 29.5 Å². The fraction of sp³-hybridized carbons (Fsp3) is 0.300. The molecule has 0 aromatic heterocycles. The molecule has 0 aliphatic carbocycles. The predicted molar refractivity (Wildman–Crippen MR) is 52.0 cm³/mol. The maximum atomic E-state index is 9.94. The summed E-state index contributed by atoms with van der Waals surface area (Å²) in [6.07, 6.45) is 1.68. The molecule has 3 nitrogen and oxygen atoms in total. The Bertz CT molecular complexity index is 284. The minimum atomic E-state index is -0.0170. The first-order chi connectivity index (χ1) is 6.24. The van der Waals surface area contributed by atoms with E-state index in [9.17, 15) is 4.79 Å². The van der Waals surface area contributed by atoms with E-state index in [2.05, 4.69) is 0 Å². The van der Waals surface area contributed by atoms with Crippen LogP contribution in [0.1, 0.15) is 0 Å². The zero-order chi connectivity index (χ0) is 9.68. The summed E-state index contributed by atoms with van der Waals surface area (Å²) in [5.41, 5.74) is 1.04. The van der Waals surface area contributed by atoms with Crippen molar-refractivity contribution in [1.29, 1.82) is 0 Å². The van der Waals surface area contributed by atoms with Crippen LogP contribution in [0.4, 0.5) is 5.69 Å². The van der Waals surface area contributed by atoms with E-state index in [1.165, 1.54) is 0 Å². The van der Waals surface area contributed by atoms with E-state index in [1.807, 2.05) is 43.3 Å². The molecule has 0 heterocycles. The molecular weight excluding hydrogens is 166 g/mol. The summed E-state index contributed by atoms with van der Waals surface area (Å²) in [7, 11) is 3.90. The van der Waals surface area contributed by atoms with Crippen LogP contribution in [0.2, 0.25) is 0 Å². The molecule has 0 saturated heterocycles. The molecule has 0 unspecified atom stereocenters. The van der Waals surface area contributed by atoms with Crippen LogP contribution in [-0.2, 0) is 4.79 Å². The third-order valence-electron chi connectivity index (χ3n) is 1.63. The first kappa shape index (κ1) is 9.58. The van der Waals surface area contributed by atoms with Crippen molar-refractivity contribution in [2.45, 2.75) is 0 Å². The van der Waals surface area contributed by atoms with Crippen LogP contribution >= 0.6 is 0 Å². The lowest BCUT2D eigenvalue weighted by Crippen LogP contribution is -2.08. The minimum absolute atomic E-state index is 0.0170. The van der Waals surface area contributed by atoms with Gasteiger partial charge in [-0.25, -0.2) is 0 Å². The average molecular weight is 178 g/mol. The average Bonchev–Trinajstić information content (AvgIpc) is 2.15. The van der Waals surface area contributed by atoms with Gasteiger partial charge in [0.1, 0.15) is 5.75 Å². The van der Waals surface area contributed by atoms with Gasteiger partial charge in [-0.05, 0) is 12.1 Å². The normalized spacial score (nSPS) is 9.38. The number of rotatable bonds is 4. The third kappa shape index (κ3) is 2.78. The van der Waals surface area contributed by atoms with Crippen LogP contribution in [0.25, 0.3) is 0 Å². The molecule has 3 heteroatoms. The Hall–Kier alpha value is -1.51. The van der Waals surface area contributed by atoms with Gasteiger partial charge in [0.15, 0.2) is 6.61 Å². The highest BCUT2D eigenvalue weighted by Crippen LogP contribution is 2.18. The van der Waals surface area contributed by atoms with E-state index < -0.39 is 0 Å². The summed E-state index contributed by atoms with van der Waals surface area (Å²) in [4.78, 5) is 11.9. The fourth-order valence-electron chi connectivity index (χ4n) is 0.964. The van der Waals surface area contributed by atoms with Gasteiger partial charge in [0.2, 0.25) is 6.29 Å². The number of anilines is 1. The second kappa shape index (κ2) is 4.50. The molecule has 0 fully saturated rings. The first-order valence-electron chi connectivity index (χ1n) is 3.99. The molecule has 0 aliphatic heterocycles. The van der Waals surface area contributed by atoms with E-state index in [0.29, 0.717) is 5.75 Å². The highest BCUT2D eigenvalue weighted by atomic mass is 16.5. The molecule has 13 heavy (non-hydrogen) atoms. The van der Waals surface area contributed by atoms with Crippen LogP contribution < -0.4 is 9.64 Å². The van der Waals surface area contributed by atoms with Gasteiger partial charge < -0.3 is 9.64 Å². The second-order valence-electron chi connectivity index (χ2n) is 2.82. The molecule has 0 atom stereocenters. The van der Waals surface area contributed by atoms with Gasteiger partial charge in [-0.3, -0.25) is 4.79 Å². The Morgan fingerprint density at radius 3 is 2.85 bits per heavy atom. The molecular formula is C10H12NO2. The third-order valence-corrected chi connectivity index (χ3v) is 1.63. The zero-order valence-electron chi connectivity index (χ0n) is 7.78. The van der Waals surface area contributed by atoms with Crippen LogP contribution in [0, 0.1) is 0 Å². The van der Waals surface area contributed by atoms with Gasteiger partial charge in [0.25, 0.3) is 0 Å². The molecule has 0 aliphatic rings. The van der Waals surface area contributed by atoms with Crippen LogP contribution in [0.15, 0.2) is 24.3 Å². The van der Waals surface area contributed by atoms with Crippen molar-refractivity contribution in [2.75, 3.05) is 25.6 Å². The number of hydrogen-bond acceptors (Lipinski definition) is 3. The molecule has 0 spiro atoms. The van der Waals surface area contributed by atoms with Gasteiger partial charge in [0.05, 0.1) is 0 Å². The molecule has 1 aromatic rings. The Labute approximate surface area is 77.9 Å². The zero-order valence-corrected chi connectivity index (χ0v) is 7.78. The smallest absolute Gasteiger partial charge is 0.239 e. The van der Waals surface area contributed by atoms with Crippen LogP contribution in [0.5, 0.6) is 5.75 Å². The largest absolute Gasteiger partial charge is 0.485 e. The Morgan fingerprint density at radius 2 is 2.23 bits per heavy atom. The highest BCUT2D eigenvalue weighted by molar-refractivity contribution is 5.54. The standard InChI is InChI=1S/C10H12NO2/c1-11(2)9-4-3-5-10(8-9)13-7-6-12/h3-5,8H,7H2,1-2H3. The van der Waals surface area contributed by atoms with E-state index in [-0.39, 0.29) is 6.61 Å². The van der Waals surface area contributed by atoms with Gasteiger partial charge >= 0.3 is 0 Å². The lowest BCUT2D eigenvalue weighted by molar-refractivity contribution is 0.365. The van der Waals surface area contributed by atoms with Gasteiger partial charge in [-0.2, -0.15) is 0 Å². The monoisotopic (exact) mass is 178 g/mol. The summed E-state index contributed by atoms with van der Waals surface area (Å²) in [5, 5.41) is 0. The van der Waals surface area contributed by atoms with Crippen molar-refractivity contribution in [2.24, 2.45) is 0 Å². The van der Waals surface area contributed by atoms with Crippen LogP contribution in [0.3, 0.4) is 0 Å². The quantitative estimate of drug-likeness (QED) is 0.694. The second-order valence-corrected chi connectivity index (χ2v) is 2.82. The van der Waals surface area contributed by atoms with Crippen molar-refractivity contribution in [1.82, 2.24) is 0 Å². The molecule has 0 saturated carbocycles. The van der Waals surface area contributed by atoms with Gasteiger partial charge in [-0.1, -0.05) is 6.07 Å². The molecule has 0 N–H and O–H groups in total. The van der Waals surface area contributed by atoms with Crippen molar-refractivity contribution < 1.29 is 9.53 Å². The van der Waals surface area contributed by atoms with E-state index >= 15 is 0 Å². The van der Waals surface area contributed by atoms with Gasteiger partial charge in [-0.15, -0.1) is 0 Å². The molecule has 69 valence electrons.